The van der Waals surface area contributed by atoms with Gasteiger partial charge in [-0.3, -0.25) is 9.59 Å². The fourth-order valence-corrected chi connectivity index (χ4v) is 6.50. The van der Waals surface area contributed by atoms with Gasteiger partial charge in [-0.2, -0.15) is 0 Å². The first kappa shape index (κ1) is 23.2. The van der Waals surface area contributed by atoms with Crippen molar-refractivity contribution in [1.29, 1.82) is 0 Å². The molecular weight excluding hydrogens is 534 g/mol. The monoisotopic (exact) mass is 557 g/mol. The van der Waals surface area contributed by atoms with Crippen molar-refractivity contribution < 1.29 is 9.59 Å². The molecule has 2 atom stereocenters. The van der Waals surface area contributed by atoms with Crippen molar-refractivity contribution in [3.05, 3.63) is 54.9 Å². The lowest BCUT2D eigenvalue weighted by Crippen LogP contribution is -2.38. The third-order valence-corrected chi connectivity index (χ3v) is 8.57. The number of thiophene rings is 1. The maximum Gasteiger partial charge on any atom is 0.261 e. The Bertz CT molecular complexity index is 1370. The normalized spacial score (nSPS) is 18.2. The number of carbonyl (C=O) groups is 2. The molecule has 0 saturated heterocycles. The van der Waals surface area contributed by atoms with Crippen LogP contribution in [0.2, 0.25) is 0 Å². The summed E-state index contributed by atoms with van der Waals surface area (Å²) in [4.78, 5) is 35.3. The summed E-state index contributed by atoms with van der Waals surface area (Å²) in [5, 5.41) is 8.93. The smallest absolute Gasteiger partial charge is 0.261 e. The van der Waals surface area contributed by atoms with Crippen molar-refractivity contribution in [2.75, 3.05) is 7.05 Å². The number of hydrogen-bond acceptors (Lipinski definition) is 6. The van der Waals surface area contributed by atoms with Crippen molar-refractivity contribution >= 4 is 61.5 Å². The van der Waals surface area contributed by atoms with Gasteiger partial charge < -0.3 is 15.2 Å². The highest BCUT2D eigenvalue weighted by Gasteiger charge is 2.29. The van der Waals surface area contributed by atoms with Crippen LogP contribution in [-0.2, 0) is 0 Å². The number of thiazole rings is 1. The Morgan fingerprint density at radius 3 is 2.71 bits per heavy atom. The van der Waals surface area contributed by atoms with Crippen LogP contribution in [-0.4, -0.2) is 39.4 Å². The number of nitrogens with one attached hydrogen (secondary N) is 2. The van der Waals surface area contributed by atoms with E-state index >= 15 is 0 Å². The highest BCUT2D eigenvalue weighted by atomic mass is 79.9. The Balaban J connectivity index is 1.49. The molecule has 0 bridgehead atoms. The van der Waals surface area contributed by atoms with Gasteiger partial charge >= 0.3 is 0 Å². The summed E-state index contributed by atoms with van der Waals surface area (Å²) in [5.74, 6) is 0.651. The molecule has 1 aliphatic carbocycles. The summed E-state index contributed by atoms with van der Waals surface area (Å²) < 4.78 is 3.21. The molecule has 10 heteroatoms. The third-order valence-electron chi connectivity index (χ3n) is 6.17. The van der Waals surface area contributed by atoms with E-state index in [1.807, 2.05) is 42.6 Å². The van der Waals surface area contributed by atoms with Gasteiger partial charge in [0.2, 0.25) is 0 Å². The molecule has 34 heavy (non-hydrogen) atoms. The van der Waals surface area contributed by atoms with Crippen molar-refractivity contribution in [2.45, 2.75) is 44.7 Å². The zero-order chi connectivity index (χ0) is 23.8. The predicted octanol–water partition coefficient (Wildman–Crippen LogP) is 5.57. The molecule has 1 aliphatic rings. The number of aromatic nitrogens is 3. The second-order valence-corrected chi connectivity index (χ2v) is 12.0. The van der Waals surface area contributed by atoms with Crippen LogP contribution in [0.3, 0.4) is 0 Å². The fourth-order valence-electron chi connectivity index (χ4n) is 4.62. The van der Waals surface area contributed by atoms with Crippen molar-refractivity contribution in [1.82, 2.24) is 25.2 Å². The van der Waals surface area contributed by atoms with Gasteiger partial charge in [0, 0.05) is 30.1 Å². The SMILES string of the molecule is CNC(=O)c1ccc2c(c1)nc(-c1csc(C)n1)n2[C@@H]1CCC[C@H](NC(=O)c2ccc(Br)s2)C1. The average molecular weight is 559 g/mol. The Morgan fingerprint density at radius 2 is 2.00 bits per heavy atom. The van der Waals surface area contributed by atoms with E-state index in [-0.39, 0.29) is 23.9 Å². The minimum atomic E-state index is -0.136. The molecule has 3 aromatic heterocycles. The van der Waals surface area contributed by atoms with Crippen LogP contribution in [0.5, 0.6) is 0 Å². The zero-order valence-electron chi connectivity index (χ0n) is 18.8. The molecule has 4 aromatic rings. The lowest BCUT2D eigenvalue weighted by atomic mass is 9.90. The Hall–Kier alpha value is -2.56. The number of amides is 2. The summed E-state index contributed by atoms with van der Waals surface area (Å²) in [6, 6.07) is 9.65. The van der Waals surface area contributed by atoms with Crippen LogP contribution >= 0.6 is 38.6 Å². The molecule has 2 amide bonds. The van der Waals surface area contributed by atoms with E-state index in [4.69, 9.17) is 9.97 Å². The molecule has 0 spiro atoms. The second kappa shape index (κ2) is 9.59. The van der Waals surface area contributed by atoms with Crippen LogP contribution in [0.1, 0.15) is 56.8 Å². The first-order chi connectivity index (χ1) is 16.4. The molecule has 1 fully saturated rings. The number of nitrogens with zero attached hydrogens (tertiary/aromatic N) is 3. The summed E-state index contributed by atoms with van der Waals surface area (Å²) in [5.41, 5.74) is 3.18. The van der Waals surface area contributed by atoms with Crippen molar-refractivity contribution in [3.63, 3.8) is 0 Å². The van der Waals surface area contributed by atoms with Crippen LogP contribution in [0.25, 0.3) is 22.6 Å². The van der Waals surface area contributed by atoms with E-state index in [0.29, 0.717) is 10.4 Å². The Morgan fingerprint density at radius 1 is 1.15 bits per heavy atom. The first-order valence-electron chi connectivity index (χ1n) is 11.2. The molecule has 0 aliphatic heterocycles. The van der Waals surface area contributed by atoms with Gasteiger partial charge in [-0.15, -0.1) is 22.7 Å². The molecule has 0 unspecified atom stereocenters. The Labute approximate surface area is 213 Å². The molecule has 0 radical (unpaired) electrons. The summed E-state index contributed by atoms with van der Waals surface area (Å²) >= 11 is 6.47. The minimum absolute atomic E-state index is 0.0255. The van der Waals surface area contributed by atoms with Gasteiger partial charge in [-0.05, 0) is 78.9 Å². The molecule has 7 nitrogen and oxygen atoms in total. The lowest BCUT2D eigenvalue weighted by molar-refractivity contribution is 0.0923. The van der Waals surface area contributed by atoms with Gasteiger partial charge in [-0.1, -0.05) is 0 Å². The Kier molecular flexibility index (Phi) is 6.54. The van der Waals surface area contributed by atoms with Gasteiger partial charge in [0.15, 0.2) is 5.82 Å². The number of benzene rings is 1. The van der Waals surface area contributed by atoms with E-state index in [2.05, 4.69) is 31.1 Å². The predicted molar refractivity (Wildman–Crippen MR) is 140 cm³/mol. The van der Waals surface area contributed by atoms with Gasteiger partial charge in [-0.25, -0.2) is 9.97 Å². The standard InChI is InChI=1S/C24H24BrN5O2S2/c1-13-27-18(12-33-13)22-29-17-10-14(23(31)26-2)6-7-19(17)30(22)16-5-3-4-15(11-16)28-24(32)20-8-9-21(25)34-20/h6-10,12,15-16H,3-5,11H2,1-2H3,(H,26,31)(H,28,32)/t15-,16+/m0/s1. The molecule has 1 saturated carbocycles. The highest BCUT2D eigenvalue weighted by Crippen LogP contribution is 2.37. The topological polar surface area (TPSA) is 88.9 Å². The van der Waals surface area contributed by atoms with E-state index in [9.17, 15) is 9.59 Å². The van der Waals surface area contributed by atoms with Crippen LogP contribution in [0.15, 0.2) is 39.5 Å². The van der Waals surface area contributed by atoms with Crippen LogP contribution in [0.4, 0.5) is 0 Å². The molecule has 5 rings (SSSR count). The number of fused-ring (bicyclic) bond motifs is 1. The number of rotatable bonds is 5. The van der Waals surface area contributed by atoms with Crippen molar-refractivity contribution in [2.24, 2.45) is 0 Å². The summed E-state index contributed by atoms with van der Waals surface area (Å²) in [7, 11) is 1.62. The number of carbonyl (C=O) groups excluding carboxylic acids is 2. The zero-order valence-corrected chi connectivity index (χ0v) is 22.0. The third kappa shape index (κ3) is 4.54. The maximum atomic E-state index is 12.8. The molecule has 1 aromatic carbocycles. The minimum Gasteiger partial charge on any atom is -0.355 e. The fraction of sp³-hybridized carbons (Fsp3) is 0.333. The molecular formula is C24H24BrN5O2S2. The highest BCUT2D eigenvalue weighted by molar-refractivity contribution is 9.11. The van der Waals surface area contributed by atoms with E-state index < -0.39 is 0 Å². The number of imidazole rings is 1. The van der Waals surface area contributed by atoms with Gasteiger partial charge in [0.25, 0.3) is 11.8 Å². The molecule has 2 N–H and O–H groups in total. The number of halogens is 1. The average Bonchev–Trinajstić information content (AvgIpc) is 3.56. The van der Waals surface area contributed by atoms with E-state index in [1.165, 1.54) is 11.3 Å². The molecule has 176 valence electrons. The number of hydrogen-bond donors (Lipinski definition) is 2. The maximum absolute atomic E-state index is 12.8. The summed E-state index contributed by atoms with van der Waals surface area (Å²) in [6.07, 6.45) is 3.77. The van der Waals surface area contributed by atoms with Gasteiger partial charge in [0.1, 0.15) is 5.69 Å². The number of aryl methyl sites for hydroxylation is 1. The first-order valence-corrected chi connectivity index (χ1v) is 13.6. The lowest BCUT2D eigenvalue weighted by Gasteiger charge is -2.31. The van der Waals surface area contributed by atoms with Gasteiger partial charge in [0.05, 0.1) is 24.7 Å². The van der Waals surface area contributed by atoms with Crippen molar-refractivity contribution in [3.8, 4) is 11.5 Å². The molecule has 3 heterocycles. The largest absolute Gasteiger partial charge is 0.355 e. The summed E-state index contributed by atoms with van der Waals surface area (Å²) in [6.45, 7) is 1.99. The van der Waals surface area contributed by atoms with E-state index in [1.54, 1.807) is 18.4 Å². The van der Waals surface area contributed by atoms with Crippen LogP contribution in [0, 0.1) is 6.92 Å². The van der Waals surface area contributed by atoms with Crippen LogP contribution < -0.4 is 10.6 Å². The van der Waals surface area contributed by atoms with E-state index in [0.717, 1.165) is 57.0 Å². The second-order valence-electron chi connectivity index (χ2n) is 8.43. The quantitative estimate of drug-likeness (QED) is 0.336.